The van der Waals surface area contributed by atoms with Crippen LogP contribution in [-0.2, 0) is 13.0 Å². The average molecular weight is 216 g/mol. The molecule has 1 nitrogen and oxygen atoms in total. The number of benzene rings is 1. The molecule has 1 fully saturated rings. The van der Waals surface area contributed by atoms with Crippen molar-refractivity contribution in [3.63, 3.8) is 0 Å². The highest BCUT2D eigenvalue weighted by atomic mass is 15.2. The molecule has 1 aliphatic heterocycles. The van der Waals surface area contributed by atoms with E-state index in [0.29, 0.717) is 0 Å². The summed E-state index contributed by atoms with van der Waals surface area (Å²) in [6, 6.07) is 9.99. The van der Waals surface area contributed by atoms with Crippen molar-refractivity contribution < 1.29 is 4.90 Å². The molecule has 16 heavy (non-hydrogen) atoms. The molecule has 2 aliphatic rings. The van der Waals surface area contributed by atoms with Crippen LogP contribution in [0.4, 0.5) is 0 Å². The molecule has 0 spiro atoms. The van der Waals surface area contributed by atoms with Crippen LogP contribution in [0.25, 0.3) is 0 Å². The lowest BCUT2D eigenvalue weighted by Gasteiger charge is -2.34. The van der Waals surface area contributed by atoms with Crippen molar-refractivity contribution in [1.82, 2.24) is 0 Å². The van der Waals surface area contributed by atoms with E-state index >= 15 is 0 Å². The molecular weight excluding hydrogens is 194 g/mol. The monoisotopic (exact) mass is 216 g/mol. The maximum absolute atomic E-state index is 2.33. The van der Waals surface area contributed by atoms with Crippen molar-refractivity contribution in [2.45, 2.75) is 51.1 Å². The first kappa shape index (κ1) is 10.3. The van der Waals surface area contributed by atoms with Crippen LogP contribution >= 0.6 is 0 Å². The Morgan fingerprint density at radius 1 is 0.938 bits per heavy atom. The fraction of sp³-hybridized carbons (Fsp3) is 0.600. The number of quaternary nitrogens is 1. The van der Waals surface area contributed by atoms with Gasteiger partial charge < -0.3 is 4.90 Å². The summed E-state index contributed by atoms with van der Waals surface area (Å²) < 4.78 is 0. The van der Waals surface area contributed by atoms with Crippen LogP contribution in [-0.4, -0.2) is 12.6 Å². The van der Waals surface area contributed by atoms with E-state index in [1.54, 1.807) is 11.1 Å². The summed E-state index contributed by atoms with van der Waals surface area (Å²) in [6.07, 6.45) is 8.64. The SMILES string of the molecule is c1ccc2c(c1)CC[NH+](C1CCCCC1)C2. The second-order valence-corrected chi connectivity index (χ2v) is 5.44. The minimum Gasteiger partial charge on any atom is -0.328 e. The van der Waals surface area contributed by atoms with Crippen molar-refractivity contribution >= 4 is 0 Å². The number of nitrogens with one attached hydrogen (secondary N) is 1. The van der Waals surface area contributed by atoms with Crippen LogP contribution < -0.4 is 4.90 Å². The predicted molar refractivity (Wildman–Crippen MR) is 66.6 cm³/mol. The Morgan fingerprint density at radius 2 is 1.69 bits per heavy atom. The third-order valence-corrected chi connectivity index (χ3v) is 4.43. The Balaban J connectivity index is 1.72. The van der Waals surface area contributed by atoms with Gasteiger partial charge in [0.1, 0.15) is 6.54 Å². The fourth-order valence-corrected chi connectivity index (χ4v) is 3.46. The maximum Gasteiger partial charge on any atom is 0.103 e. The van der Waals surface area contributed by atoms with Gasteiger partial charge in [-0.25, -0.2) is 0 Å². The number of rotatable bonds is 1. The zero-order valence-corrected chi connectivity index (χ0v) is 10.0. The Kier molecular flexibility index (Phi) is 2.96. The Hall–Kier alpha value is -0.820. The van der Waals surface area contributed by atoms with Gasteiger partial charge in [0.25, 0.3) is 0 Å². The molecule has 1 aliphatic carbocycles. The fourth-order valence-electron chi connectivity index (χ4n) is 3.46. The lowest BCUT2D eigenvalue weighted by atomic mass is 9.91. The summed E-state index contributed by atoms with van der Waals surface area (Å²) in [5.74, 6) is 0. The van der Waals surface area contributed by atoms with Gasteiger partial charge in [-0.1, -0.05) is 30.7 Å². The van der Waals surface area contributed by atoms with Gasteiger partial charge in [-0.05, 0) is 31.2 Å². The number of hydrogen-bond acceptors (Lipinski definition) is 0. The van der Waals surface area contributed by atoms with Gasteiger partial charge >= 0.3 is 0 Å². The molecule has 1 heterocycles. The summed E-state index contributed by atoms with van der Waals surface area (Å²) in [7, 11) is 0. The molecule has 3 rings (SSSR count). The van der Waals surface area contributed by atoms with E-state index in [9.17, 15) is 0 Å². The minimum absolute atomic E-state index is 0.960. The highest BCUT2D eigenvalue weighted by Gasteiger charge is 2.27. The zero-order valence-electron chi connectivity index (χ0n) is 10.0. The molecule has 1 aromatic carbocycles. The van der Waals surface area contributed by atoms with Crippen LogP contribution in [0.1, 0.15) is 43.2 Å². The van der Waals surface area contributed by atoms with Crippen molar-refractivity contribution in [1.29, 1.82) is 0 Å². The van der Waals surface area contributed by atoms with Crippen LogP contribution in [0.5, 0.6) is 0 Å². The molecule has 0 bridgehead atoms. The molecule has 0 saturated heterocycles. The first-order valence-corrected chi connectivity index (χ1v) is 6.85. The van der Waals surface area contributed by atoms with Crippen LogP contribution in [0.15, 0.2) is 24.3 Å². The molecule has 1 atom stereocenters. The number of hydrogen-bond donors (Lipinski definition) is 1. The lowest BCUT2D eigenvalue weighted by molar-refractivity contribution is -0.942. The Morgan fingerprint density at radius 3 is 2.50 bits per heavy atom. The van der Waals surface area contributed by atoms with Crippen molar-refractivity contribution in [3.05, 3.63) is 35.4 Å². The lowest BCUT2D eigenvalue weighted by Crippen LogP contribution is -3.15. The molecule has 1 aromatic rings. The number of fused-ring (bicyclic) bond motifs is 1. The van der Waals surface area contributed by atoms with E-state index in [2.05, 4.69) is 24.3 Å². The Labute approximate surface area is 98.5 Å². The molecule has 0 radical (unpaired) electrons. The van der Waals surface area contributed by atoms with Gasteiger partial charge in [-0.2, -0.15) is 0 Å². The first-order valence-electron chi connectivity index (χ1n) is 6.85. The smallest absolute Gasteiger partial charge is 0.103 e. The second-order valence-electron chi connectivity index (χ2n) is 5.44. The van der Waals surface area contributed by atoms with Gasteiger partial charge in [-0.15, -0.1) is 0 Å². The molecule has 1 saturated carbocycles. The van der Waals surface area contributed by atoms with Crippen molar-refractivity contribution in [2.75, 3.05) is 6.54 Å². The van der Waals surface area contributed by atoms with Crippen LogP contribution in [0.3, 0.4) is 0 Å². The second kappa shape index (κ2) is 4.58. The maximum atomic E-state index is 2.33. The van der Waals surface area contributed by atoms with Gasteiger partial charge in [0.15, 0.2) is 0 Å². The standard InChI is InChI=1S/C15H21N/c1-2-8-15(9-3-1)16-11-10-13-6-4-5-7-14(13)12-16/h4-7,15H,1-3,8-12H2/p+1. The molecule has 1 N–H and O–H groups in total. The first-order chi connectivity index (χ1) is 7.93. The van der Waals surface area contributed by atoms with Gasteiger partial charge in [-0.3, -0.25) is 0 Å². The highest BCUT2D eigenvalue weighted by molar-refractivity contribution is 5.27. The zero-order chi connectivity index (χ0) is 10.8. The summed E-state index contributed by atoms with van der Waals surface area (Å²) in [5.41, 5.74) is 3.20. The van der Waals surface area contributed by atoms with Gasteiger partial charge in [0.05, 0.1) is 12.6 Å². The van der Waals surface area contributed by atoms with E-state index < -0.39 is 0 Å². The minimum atomic E-state index is 0.960. The average Bonchev–Trinajstić information content (AvgIpc) is 2.39. The molecule has 0 aromatic heterocycles. The summed E-state index contributed by atoms with van der Waals surface area (Å²) in [4.78, 5) is 1.86. The van der Waals surface area contributed by atoms with Crippen molar-refractivity contribution in [2.24, 2.45) is 0 Å². The van der Waals surface area contributed by atoms with E-state index in [1.807, 2.05) is 4.90 Å². The topological polar surface area (TPSA) is 4.44 Å². The van der Waals surface area contributed by atoms with Gasteiger partial charge in [0.2, 0.25) is 0 Å². The van der Waals surface area contributed by atoms with E-state index in [0.717, 1.165) is 6.04 Å². The van der Waals surface area contributed by atoms with Crippen LogP contribution in [0.2, 0.25) is 0 Å². The summed E-state index contributed by atoms with van der Waals surface area (Å²) in [6.45, 7) is 2.64. The third kappa shape index (κ3) is 2.01. The Bertz CT molecular complexity index is 352. The largest absolute Gasteiger partial charge is 0.328 e. The highest BCUT2D eigenvalue weighted by Crippen LogP contribution is 2.17. The van der Waals surface area contributed by atoms with E-state index in [1.165, 1.54) is 51.6 Å². The summed E-state index contributed by atoms with van der Waals surface area (Å²) >= 11 is 0. The molecular formula is C15H22N+. The molecule has 1 heteroatoms. The third-order valence-electron chi connectivity index (χ3n) is 4.43. The normalized spacial score (nSPS) is 26.4. The quantitative estimate of drug-likeness (QED) is 0.732. The van der Waals surface area contributed by atoms with E-state index in [4.69, 9.17) is 0 Å². The summed E-state index contributed by atoms with van der Waals surface area (Å²) in [5, 5.41) is 0. The van der Waals surface area contributed by atoms with Crippen LogP contribution in [0, 0.1) is 0 Å². The molecule has 0 amide bonds. The van der Waals surface area contributed by atoms with E-state index in [-0.39, 0.29) is 0 Å². The van der Waals surface area contributed by atoms with Crippen molar-refractivity contribution in [3.8, 4) is 0 Å². The molecule has 86 valence electrons. The molecule has 1 unspecified atom stereocenters. The predicted octanol–water partition coefficient (Wildman–Crippen LogP) is 1.96. The van der Waals surface area contributed by atoms with Gasteiger partial charge in [0, 0.05) is 12.0 Å².